The van der Waals surface area contributed by atoms with Crippen molar-refractivity contribution in [2.45, 2.75) is 58.0 Å². The van der Waals surface area contributed by atoms with Crippen molar-refractivity contribution in [2.24, 2.45) is 0 Å². The summed E-state index contributed by atoms with van der Waals surface area (Å²) in [5.74, 6) is -1.29. The number of esters is 1. The van der Waals surface area contributed by atoms with Gasteiger partial charge < -0.3 is 18.9 Å². The van der Waals surface area contributed by atoms with Crippen LogP contribution >= 0.6 is 0 Å². The minimum absolute atomic E-state index is 0.0363. The molecular formula is C25H29F3N2O6. The van der Waals surface area contributed by atoms with Crippen molar-refractivity contribution in [3.05, 3.63) is 45.7 Å². The van der Waals surface area contributed by atoms with E-state index in [0.29, 0.717) is 30.7 Å². The number of ether oxygens (including phenoxy) is 4. The van der Waals surface area contributed by atoms with Crippen molar-refractivity contribution in [3.8, 4) is 22.8 Å². The van der Waals surface area contributed by atoms with Crippen LogP contribution in [0.4, 0.5) is 13.2 Å². The number of rotatable bonds is 8. The third-order valence-corrected chi connectivity index (χ3v) is 6.43. The molecule has 196 valence electrons. The molecule has 1 aromatic carbocycles. The topological polar surface area (TPSA) is 79.2 Å². The first-order valence-corrected chi connectivity index (χ1v) is 11.8. The number of halogens is 3. The number of alkyl halides is 3. The monoisotopic (exact) mass is 510 g/mol. The van der Waals surface area contributed by atoms with Crippen LogP contribution < -0.4 is 19.9 Å². The number of fused-ring (bicyclic) bond motifs is 6. The fraction of sp³-hybridized carbons (Fsp3) is 0.520. The summed E-state index contributed by atoms with van der Waals surface area (Å²) in [5.41, 5.74) is 0.394. The van der Waals surface area contributed by atoms with Crippen LogP contribution in [0.3, 0.4) is 0 Å². The van der Waals surface area contributed by atoms with E-state index in [-0.39, 0.29) is 36.1 Å². The van der Waals surface area contributed by atoms with Gasteiger partial charge in [0.25, 0.3) is 0 Å². The third-order valence-electron chi connectivity index (χ3n) is 6.43. The normalized spacial score (nSPS) is 17.8. The predicted octanol–water partition coefficient (Wildman–Crippen LogP) is 4.57. The molecular weight excluding hydrogens is 481 g/mol. The van der Waals surface area contributed by atoms with Gasteiger partial charge in [-0.05, 0) is 51.3 Å². The summed E-state index contributed by atoms with van der Waals surface area (Å²) in [4.78, 5) is 25.3. The lowest BCUT2D eigenvalue weighted by atomic mass is 9.93. The Kier molecular flexibility index (Phi) is 6.96. The quantitative estimate of drug-likeness (QED) is 0.380. The first-order chi connectivity index (χ1) is 17.0. The minimum atomic E-state index is -4.94. The lowest BCUT2D eigenvalue weighted by Gasteiger charge is -2.44. The molecule has 2 aliphatic rings. The zero-order valence-electron chi connectivity index (χ0n) is 20.6. The van der Waals surface area contributed by atoms with Crippen LogP contribution in [0, 0.1) is 0 Å². The van der Waals surface area contributed by atoms with E-state index in [1.807, 2.05) is 18.9 Å². The van der Waals surface area contributed by atoms with Crippen molar-refractivity contribution in [1.29, 1.82) is 0 Å². The molecule has 1 aromatic heterocycles. The number of hydrogen-bond donors (Lipinski definition) is 0. The number of methoxy groups -OCH3 is 1. The van der Waals surface area contributed by atoms with E-state index >= 15 is 0 Å². The first-order valence-electron chi connectivity index (χ1n) is 11.8. The number of nitrogens with zero attached hydrogens (tertiary/aromatic N) is 2. The smallest absolute Gasteiger partial charge is 0.490 e. The third kappa shape index (κ3) is 4.88. The summed E-state index contributed by atoms with van der Waals surface area (Å²) in [5, 5.41) is 2.05. The van der Waals surface area contributed by atoms with Gasteiger partial charge in [-0.15, -0.1) is 13.2 Å². The molecule has 1 atom stereocenters. The van der Waals surface area contributed by atoms with Crippen LogP contribution in [-0.4, -0.2) is 49.5 Å². The van der Waals surface area contributed by atoms with E-state index < -0.39 is 23.5 Å². The Morgan fingerprint density at radius 3 is 2.58 bits per heavy atom. The van der Waals surface area contributed by atoms with Gasteiger partial charge in [-0.2, -0.15) is 0 Å². The van der Waals surface area contributed by atoms with Crippen LogP contribution in [-0.2, 0) is 9.47 Å². The maximum atomic E-state index is 13.3. The average Bonchev–Trinajstić information content (AvgIpc) is 3.11. The van der Waals surface area contributed by atoms with Gasteiger partial charge in [0.1, 0.15) is 5.56 Å². The van der Waals surface area contributed by atoms with Crippen LogP contribution in [0.1, 0.15) is 62.0 Å². The lowest BCUT2D eigenvalue weighted by molar-refractivity contribution is -0.275. The van der Waals surface area contributed by atoms with Crippen molar-refractivity contribution in [3.63, 3.8) is 0 Å². The Balaban J connectivity index is 1.90. The molecule has 0 bridgehead atoms. The van der Waals surface area contributed by atoms with Crippen molar-refractivity contribution >= 4 is 5.97 Å². The Bertz CT molecular complexity index is 1210. The van der Waals surface area contributed by atoms with Gasteiger partial charge in [0, 0.05) is 38.0 Å². The molecule has 0 aliphatic carbocycles. The molecule has 0 amide bonds. The molecule has 2 aliphatic heterocycles. The average molecular weight is 511 g/mol. The molecule has 0 N–H and O–H groups in total. The molecule has 4 rings (SSSR count). The zero-order valence-corrected chi connectivity index (χ0v) is 20.6. The van der Waals surface area contributed by atoms with Gasteiger partial charge in [0.15, 0.2) is 16.9 Å². The van der Waals surface area contributed by atoms with Crippen molar-refractivity contribution in [1.82, 2.24) is 4.68 Å². The van der Waals surface area contributed by atoms with Crippen LogP contribution in [0.5, 0.6) is 11.5 Å². The Hall–Kier alpha value is -3.21. The van der Waals surface area contributed by atoms with Gasteiger partial charge in [-0.1, -0.05) is 0 Å². The molecule has 2 aromatic rings. The van der Waals surface area contributed by atoms with E-state index in [4.69, 9.17) is 14.2 Å². The summed E-state index contributed by atoms with van der Waals surface area (Å²) in [6, 6.07) is 3.86. The molecule has 11 heteroatoms. The fourth-order valence-electron chi connectivity index (χ4n) is 4.92. The number of carbonyl (C=O) groups is 1. The number of hydrogen-bond acceptors (Lipinski definition) is 7. The lowest BCUT2D eigenvalue weighted by Crippen LogP contribution is -2.50. The van der Waals surface area contributed by atoms with Gasteiger partial charge in [-0.25, -0.2) is 4.79 Å². The van der Waals surface area contributed by atoms with E-state index in [1.165, 1.54) is 25.4 Å². The molecule has 36 heavy (non-hydrogen) atoms. The van der Waals surface area contributed by atoms with Gasteiger partial charge in [0.2, 0.25) is 0 Å². The number of benzene rings is 1. The highest BCUT2D eigenvalue weighted by molar-refractivity contribution is 5.89. The molecule has 1 saturated heterocycles. The van der Waals surface area contributed by atoms with Crippen molar-refractivity contribution < 1.29 is 36.9 Å². The van der Waals surface area contributed by atoms with Gasteiger partial charge >= 0.3 is 12.3 Å². The highest BCUT2D eigenvalue weighted by Crippen LogP contribution is 2.51. The zero-order chi connectivity index (χ0) is 26.3. The number of pyridine rings is 1. The molecule has 1 fully saturated rings. The van der Waals surface area contributed by atoms with Gasteiger partial charge in [-0.3, -0.25) is 14.5 Å². The maximum absolute atomic E-state index is 13.3. The second-order valence-electron chi connectivity index (χ2n) is 9.34. The maximum Gasteiger partial charge on any atom is 0.573 e. The summed E-state index contributed by atoms with van der Waals surface area (Å²) in [6.07, 6.45) is -1.55. The largest absolute Gasteiger partial charge is 0.573 e. The fourth-order valence-corrected chi connectivity index (χ4v) is 4.92. The number of aromatic nitrogens is 1. The van der Waals surface area contributed by atoms with Crippen LogP contribution in [0.15, 0.2) is 29.2 Å². The molecule has 1 unspecified atom stereocenters. The molecule has 3 heterocycles. The number of carbonyl (C=O) groups excluding carboxylic acids is 1. The van der Waals surface area contributed by atoms with E-state index in [0.717, 1.165) is 12.0 Å². The summed E-state index contributed by atoms with van der Waals surface area (Å²) < 4.78 is 61.5. The SMILES string of the molecule is CCOC(=O)c1cn2c(cc1=O)-c1cc(OC(F)(F)F)c(OCCCOC)cc1C1CCC(C)(C)N12. The highest BCUT2D eigenvalue weighted by atomic mass is 19.4. The van der Waals surface area contributed by atoms with E-state index in [9.17, 15) is 22.8 Å². The standard InChI is InChI=1S/C25H29F3N2O6/c1-5-34-23(32)17-14-29-19(13-20(17)31)16-12-22(36-25(26,27)28)21(35-10-6-9-33-4)11-15(16)18-7-8-24(2,3)30(18)29/h11-14,18H,5-10H2,1-4H3. The predicted molar refractivity (Wildman–Crippen MR) is 125 cm³/mol. The second kappa shape index (κ2) is 9.68. The van der Waals surface area contributed by atoms with Gasteiger partial charge in [0.05, 0.1) is 30.5 Å². The van der Waals surface area contributed by atoms with E-state index in [1.54, 1.807) is 17.7 Å². The van der Waals surface area contributed by atoms with E-state index in [2.05, 4.69) is 4.74 Å². The summed E-state index contributed by atoms with van der Waals surface area (Å²) in [6.45, 7) is 6.34. The Labute approximate surface area is 206 Å². The Morgan fingerprint density at radius 1 is 1.17 bits per heavy atom. The minimum Gasteiger partial charge on any atom is -0.490 e. The highest BCUT2D eigenvalue weighted by Gasteiger charge is 2.46. The van der Waals surface area contributed by atoms with Crippen LogP contribution in [0.2, 0.25) is 0 Å². The second-order valence-corrected chi connectivity index (χ2v) is 9.34. The molecule has 0 radical (unpaired) electrons. The molecule has 0 spiro atoms. The van der Waals surface area contributed by atoms with Crippen molar-refractivity contribution in [2.75, 3.05) is 31.9 Å². The molecule has 0 saturated carbocycles. The Morgan fingerprint density at radius 2 is 1.92 bits per heavy atom. The summed E-state index contributed by atoms with van der Waals surface area (Å²) in [7, 11) is 1.53. The molecule has 8 nitrogen and oxygen atoms in total. The van der Waals surface area contributed by atoms with Crippen LogP contribution in [0.25, 0.3) is 11.3 Å². The first kappa shape index (κ1) is 25.9. The summed E-state index contributed by atoms with van der Waals surface area (Å²) >= 11 is 0.